The number of hydrogen-bond acceptors (Lipinski definition) is 1. The third-order valence-corrected chi connectivity index (χ3v) is 16.4. The fraction of sp³-hybridized carbons (Fsp3) is 0.108. The molecule has 1 aliphatic rings. The second-order valence-corrected chi connectivity index (χ2v) is 20.0. The fourth-order valence-corrected chi connectivity index (χ4v) is 13.3. The molecule has 0 amide bonds. The Morgan fingerprint density at radius 1 is 0.493 bits per heavy atom. The van der Waals surface area contributed by atoms with E-state index in [4.69, 9.17) is 0 Å². The van der Waals surface area contributed by atoms with Crippen molar-refractivity contribution in [1.82, 2.24) is 4.57 Å². The average Bonchev–Trinajstić information content (AvgIpc) is 4.01. The van der Waals surface area contributed by atoms with E-state index >= 15 is 0 Å². The molecule has 0 bridgehead atoms. The van der Waals surface area contributed by atoms with Gasteiger partial charge in [0.25, 0.3) is 0 Å². The summed E-state index contributed by atoms with van der Waals surface area (Å²) in [6.45, 7) is 4.68. The maximum absolute atomic E-state index is 2.61. The summed E-state index contributed by atoms with van der Waals surface area (Å²) in [7, 11) is 2.19. The molecule has 2 heteroatoms. The fourth-order valence-electron chi connectivity index (χ4n) is 12.2. The van der Waals surface area contributed by atoms with Gasteiger partial charge in [0, 0.05) is 49.0 Å². The highest BCUT2D eigenvalue weighted by atomic mass is 32.1. The number of nitrogens with zero attached hydrogens (tertiary/aromatic N) is 1. The zero-order valence-corrected chi connectivity index (χ0v) is 38.8. The quantitative estimate of drug-likeness (QED) is 0.143. The van der Waals surface area contributed by atoms with Gasteiger partial charge in [-0.2, -0.15) is 0 Å². The van der Waals surface area contributed by atoms with Crippen molar-refractivity contribution in [2.45, 2.75) is 37.5 Å². The highest BCUT2D eigenvalue weighted by molar-refractivity contribution is 7.25. The van der Waals surface area contributed by atoms with E-state index in [1.807, 2.05) is 11.3 Å². The molecule has 0 N–H and O–H groups in total. The molecule has 1 aliphatic carbocycles. The van der Waals surface area contributed by atoms with Gasteiger partial charge in [-0.3, -0.25) is 0 Å². The van der Waals surface area contributed by atoms with Gasteiger partial charge < -0.3 is 4.57 Å². The Morgan fingerprint density at radius 2 is 1.12 bits per heavy atom. The van der Waals surface area contributed by atoms with Crippen LogP contribution >= 0.6 is 11.3 Å². The predicted molar refractivity (Wildman–Crippen MR) is 286 cm³/mol. The molecule has 2 unspecified atom stereocenters. The molecule has 0 saturated carbocycles. The standard InChI is InChI=1S/C65H49NS/c1-41-30-34-59-55(36-41)56-38-45(32-35-60(56)66(59)3)54-40-58-63(49-25-14-13-24-48(49)54)51-33-31-44(39-57(51)65(58,46-20-9-5-10-21-46)47-22-11-6-12-23-47)42(2)53(37-43-18-7-4-8-19-43)50-27-17-29-62-64(50)52-26-15-16-28-61(52)67-62/h4-36,38-40,42,53H,37H2,1-3H3. The minimum absolute atomic E-state index is 0.200. The van der Waals surface area contributed by atoms with Crippen molar-refractivity contribution in [1.29, 1.82) is 0 Å². The molecule has 0 radical (unpaired) electrons. The van der Waals surface area contributed by atoms with E-state index in [-0.39, 0.29) is 11.8 Å². The van der Waals surface area contributed by atoms with E-state index in [2.05, 4.69) is 244 Å². The van der Waals surface area contributed by atoms with Crippen LogP contribution in [0.1, 0.15) is 63.3 Å². The summed E-state index contributed by atoms with van der Waals surface area (Å²) in [6.07, 6.45) is 0.944. The number of aromatic nitrogens is 1. The van der Waals surface area contributed by atoms with Gasteiger partial charge >= 0.3 is 0 Å². The van der Waals surface area contributed by atoms with Crippen molar-refractivity contribution in [2.75, 3.05) is 0 Å². The van der Waals surface area contributed by atoms with Gasteiger partial charge in [-0.1, -0.05) is 188 Å². The van der Waals surface area contributed by atoms with Gasteiger partial charge in [0.15, 0.2) is 0 Å². The van der Waals surface area contributed by atoms with Crippen molar-refractivity contribution < 1.29 is 0 Å². The Hall–Kier alpha value is -7.52. The Bertz CT molecular complexity index is 3830. The maximum Gasteiger partial charge on any atom is 0.0714 e. The number of thiophene rings is 1. The molecule has 0 saturated heterocycles. The molecule has 67 heavy (non-hydrogen) atoms. The minimum Gasteiger partial charge on any atom is -0.344 e. The summed E-state index contributed by atoms with van der Waals surface area (Å²) < 4.78 is 5.05. The predicted octanol–water partition coefficient (Wildman–Crippen LogP) is 17.3. The summed E-state index contributed by atoms with van der Waals surface area (Å²) in [5.74, 6) is 0.431. The Morgan fingerprint density at radius 3 is 1.87 bits per heavy atom. The molecular formula is C65H49NS. The topological polar surface area (TPSA) is 4.93 Å². The van der Waals surface area contributed by atoms with Crippen LogP contribution in [0.25, 0.3) is 75.0 Å². The monoisotopic (exact) mass is 875 g/mol. The van der Waals surface area contributed by atoms with E-state index in [1.165, 1.54) is 120 Å². The molecule has 12 aromatic rings. The molecule has 0 fully saturated rings. The first-order chi connectivity index (χ1) is 33.0. The van der Waals surface area contributed by atoms with E-state index in [0.29, 0.717) is 0 Å². The van der Waals surface area contributed by atoms with E-state index in [1.54, 1.807) is 0 Å². The third-order valence-electron chi connectivity index (χ3n) is 15.3. The molecule has 10 aromatic carbocycles. The Balaban J connectivity index is 1.07. The van der Waals surface area contributed by atoms with Crippen molar-refractivity contribution in [3.8, 4) is 22.3 Å². The number of benzene rings is 10. The molecule has 13 rings (SSSR count). The lowest BCUT2D eigenvalue weighted by molar-refractivity contribution is 0.575. The SMILES string of the molecule is Cc1ccc2c(c1)c1cc(-c3cc4c(c5ccccc35)-c3ccc(C(C)C(Cc5ccccc5)c5cccc6sc7ccccc7c56)cc3C4(c3ccccc3)c3ccccc3)ccc1n2C. The van der Waals surface area contributed by atoms with Gasteiger partial charge in [-0.15, -0.1) is 11.3 Å². The molecule has 0 spiro atoms. The van der Waals surface area contributed by atoms with Crippen LogP contribution in [-0.2, 0) is 18.9 Å². The van der Waals surface area contributed by atoms with Gasteiger partial charge in [0.1, 0.15) is 0 Å². The lowest BCUT2D eigenvalue weighted by Crippen LogP contribution is -2.29. The smallest absolute Gasteiger partial charge is 0.0714 e. The Labute approximate surface area is 396 Å². The van der Waals surface area contributed by atoms with Crippen LogP contribution < -0.4 is 0 Å². The average molecular weight is 876 g/mol. The summed E-state index contributed by atoms with van der Waals surface area (Å²) in [4.78, 5) is 0. The number of hydrogen-bond donors (Lipinski definition) is 0. The van der Waals surface area contributed by atoms with Crippen LogP contribution in [0.15, 0.2) is 218 Å². The van der Waals surface area contributed by atoms with Crippen LogP contribution in [-0.4, -0.2) is 4.57 Å². The molecule has 2 atom stereocenters. The zero-order chi connectivity index (χ0) is 44.8. The first-order valence-corrected chi connectivity index (χ1v) is 24.5. The molecule has 2 aromatic heterocycles. The lowest BCUT2D eigenvalue weighted by Gasteiger charge is -2.35. The summed E-state index contributed by atoms with van der Waals surface area (Å²) in [5.41, 5.74) is 17.8. The van der Waals surface area contributed by atoms with Gasteiger partial charge in [-0.25, -0.2) is 0 Å². The van der Waals surface area contributed by atoms with Crippen molar-refractivity contribution in [2.24, 2.45) is 7.05 Å². The van der Waals surface area contributed by atoms with Crippen molar-refractivity contribution >= 4 is 64.1 Å². The lowest BCUT2D eigenvalue weighted by atomic mass is 9.66. The number of aryl methyl sites for hydroxylation is 2. The normalized spacial score (nSPS) is 14.0. The summed E-state index contributed by atoms with van der Waals surface area (Å²) >= 11 is 1.91. The third kappa shape index (κ3) is 6.06. The highest BCUT2D eigenvalue weighted by Crippen LogP contribution is 2.60. The van der Waals surface area contributed by atoms with Crippen LogP contribution in [0.2, 0.25) is 0 Å². The number of fused-ring (bicyclic) bond motifs is 11. The second-order valence-electron chi connectivity index (χ2n) is 18.9. The van der Waals surface area contributed by atoms with Crippen LogP contribution in [0.5, 0.6) is 0 Å². The molecule has 320 valence electrons. The van der Waals surface area contributed by atoms with Crippen molar-refractivity contribution in [3.63, 3.8) is 0 Å². The Kier molecular flexibility index (Phi) is 9.24. The molecule has 1 nitrogen and oxygen atoms in total. The minimum atomic E-state index is -0.582. The van der Waals surface area contributed by atoms with Gasteiger partial charge in [0.2, 0.25) is 0 Å². The van der Waals surface area contributed by atoms with E-state index < -0.39 is 5.41 Å². The van der Waals surface area contributed by atoms with Gasteiger partial charge in [-0.05, 0) is 140 Å². The summed E-state index contributed by atoms with van der Waals surface area (Å²) in [6, 6.07) is 83.0. The molecule has 2 heterocycles. The van der Waals surface area contributed by atoms with E-state index in [0.717, 1.165) is 6.42 Å². The van der Waals surface area contributed by atoms with Crippen LogP contribution in [0, 0.1) is 6.92 Å². The highest BCUT2D eigenvalue weighted by Gasteiger charge is 2.47. The first kappa shape index (κ1) is 39.8. The molecule has 0 aliphatic heterocycles. The van der Waals surface area contributed by atoms with Crippen LogP contribution in [0.4, 0.5) is 0 Å². The summed E-state index contributed by atoms with van der Waals surface area (Å²) in [5, 5.41) is 7.92. The molecular weight excluding hydrogens is 827 g/mol. The van der Waals surface area contributed by atoms with E-state index in [9.17, 15) is 0 Å². The zero-order valence-electron chi connectivity index (χ0n) is 38.0. The maximum atomic E-state index is 2.61. The number of rotatable bonds is 8. The van der Waals surface area contributed by atoms with Crippen molar-refractivity contribution in [3.05, 3.63) is 263 Å². The largest absolute Gasteiger partial charge is 0.344 e. The van der Waals surface area contributed by atoms with Gasteiger partial charge in [0.05, 0.1) is 5.41 Å². The second kappa shape index (κ2) is 15.5. The first-order valence-electron chi connectivity index (χ1n) is 23.7. The van der Waals surface area contributed by atoms with Crippen LogP contribution in [0.3, 0.4) is 0 Å².